The molecule has 1 aromatic rings. The maximum atomic E-state index is 12.1. The van der Waals surface area contributed by atoms with E-state index in [0.29, 0.717) is 26.3 Å². The Balaban J connectivity index is 1.82. The summed E-state index contributed by atoms with van der Waals surface area (Å²) in [6, 6.07) is 7.62. The SMILES string of the molecule is CC(C)(C)OC(=O)N1CCO[C@@H](COc2ccc(Br)cc2)C1. The standard InChI is InChI=1S/C16H22BrNO4/c1-16(2,3)22-15(19)18-8-9-20-14(10-18)11-21-13-6-4-12(17)5-7-13/h4-7,14H,8-11H2,1-3H3/t14-/m1/s1. The molecule has 0 bridgehead atoms. The van der Waals surface area contributed by atoms with Gasteiger partial charge in [0.05, 0.1) is 13.2 Å². The zero-order chi connectivity index (χ0) is 16.2. The Hall–Kier alpha value is -1.27. The Kier molecular flexibility index (Phi) is 5.69. The van der Waals surface area contributed by atoms with E-state index >= 15 is 0 Å². The molecule has 6 heteroatoms. The van der Waals surface area contributed by atoms with Gasteiger partial charge in [-0.25, -0.2) is 4.79 Å². The molecule has 1 aliphatic heterocycles. The molecule has 2 rings (SSSR count). The van der Waals surface area contributed by atoms with Crippen molar-refractivity contribution in [1.29, 1.82) is 0 Å². The van der Waals surface area contributed by atoms with Crippen LogP contribution in [0.15, 0.2) is 28.7 Å². The minimum absolute atomic E-state index is 0.148. The maximum Gasteiger partial charge on any atom is 0.410 e. The fourth-order valence-electron chi connectivity index (χ4n) is 2.03. The summed E-state index contributed by atoms with van der Waals surface area (Å²) < 4.78 is 17.7. The van der Waals surface area contributed by atoms with Crippen LogP contribution in [-0.4, -0.2) is 49.0 Å². The first kappa shape index (κ1) is 17.1. The van der Waals surface area contributed by atoms with Gasteiger partial charge in [0.25, 0.3) is 0 Å². The summed E-state index contributed by atoms with van der Waals surface area (Å²) >= 11 is 3.38. The largest absolute Gasteiger partial charge is 0.491 e. The molecular formula is C16H22BrNO4. The monoisotopic (exact) mass is 371 g/mol. The summed E-state index contributed by atoms with van der Waals surface area (Å²) in [5, 5.41) is 0. The summed E-state index contributed by atoms with van der Waals surface area (Å²) in [4.78, 5) is 13.7. The van der Waals surface area contributed by atoms with E-state index in [0.717, 1.165) is 10.2 Å². The van der Waals surface area contributed by atoms with Crippen molar-refractivity contribution in [2.75, 3.05) is 26.3 Å². The second kappa shape index (κ2) is 7.33. The van der Waals surface area contributed by atoms with Crippen LogP contribution in [0.4, 0.5) is 4.79 Å². The van der Waals surface area contributed by atoms with E-state index in [1.165, 1.54) is 0 Å². The van der Waals surface area contributed by atoms with E-state index in [2.05, 4.69) is 15.9 Å². The molecule has 0 spiro atoms. The van der Waals surface area contributed by atoms with Crippen LogP contribution in [0.1, 0.15) is 20.8 Å². The van der Waals surface area contributed by atoms with Crippen molar-refractivity contribution in [2.24, 2.45) is 0 Å². The molecule has 1 amide bonds. The molecule has 122 valence electrons. The molecule has 0 unspecified atom stereocenters. The lowest BCUT2D eigenvalue weighted by atomic mass is 10.2. The predicted molar refractivity (Wildman–Crippen MR) is 87.2 cm³/mol. The predicted octanol–water partition coefficient (Wildman–Crippen LogP) is 3.46. The van der Waals surface area contributed by atoms with Crippen molar-refractivity contribution in [3.63, 3.8) is 0 Å². The number of halogens is 1. The number of hydrogen-bond donors (Lipinski definition) is 0. The fraction of sp³-hybridized carbons (Fsp3) is 0.562. The van der Waals surface area contributed by atoms with Gasteiger partial charge in [0.2, 0.25) is 0 Å². The van der Waals surface area contributed by atoms with Crippen molar-refractivity contribution in [1.82, 2.24) is 4.90 Å². The van der Waals surface area contributed by atoms with Crippen LogP contribution in [0.2, 0.25) is 0 Å². The van der Waals surface area contributed by atoms with E-state index in [1.807, 2.05) is 45.0 Å². The molecule has 1 aliphatic rings. The number of carbonyl (C=O) groups is 1. The van der Waals surface area contributed by atoms with Gasteiger partial charge in [-0.05, 0) is 45.0 Å². The minimum atomic E-state index is -0.487. The summed E-state index contributed by atoms with van der Waals surface area (Å²) in [5.74, 6) is 0.779. The maximum absolute atomic E-state index is 12.1. The van der Waals surface area contributed by atoms with Gasteiger partial charge in [-0.2, -0.15) is 0 Å². The average Bonchev–Trinajstić information content (AvgIpc) is 2.45. The molecule has 0 radical (unpaired) electrons. The molecule has 0 aromatic heterocycles. The minimum Gasteiger partial charge on any atom is -0.491 e. The fourth-order valence-corrected chi connectivity index (χ4v) is 2.30. The third-order valence-electron chi connectivity index (χ3n) is 3.04. The molecule has 5 nitrogen and oxygen atoms in total. The van der Waals surface area contributed by atoms with Gasteiger partial charge in [-0.15, -0.1) is 0 Å². The van der Waals surface area contributed by atoms with Crippen LogP contribution in [0.25, 0.3) is 0 Å². The van der Waals surface area contributed by atoms with Crippen LogP contribution in [0.3, 0.4) is 0 Å². The van der Waals surface area contributed by atoms with Gasteiger partial charge < -0.3 is 19.1 Å². The number of ether oxygens (including phenoxy) is 3. The summed E-state index contributed by atoms with van der Waals surface area (Å²) in [7, 11) is 0. The van der Waals surface area contributed by atoms with Crippen LogP contribution in [0.5, 0.6) is 5.75 Å². The highest BCUT2D eigenvalue weighted by molar-refractivity contribution is 9.10. The molecule has 1 atom stereocenters. The van der Waals surface area contributed by atoms with Gasteiger partial charge in [0.15, 0.2) is 0 Å². The van der Waals surface area contributed by atoms with Gasteiger partial charge in [-0.3, -0.25) is 0 Å². The molecule has 1 aromatic carbocycles. The van der Waals surface area contributed by atoms with E-state index in [4.69, 9.17) is 14.2 Å². The normalized spacial score (nSPS) is 18.9. The number of morpholine rings is 1. The Morgan fingerprint density at radius 1 is 1.36 bits per heavy atom. The van der Waals surface area contributed by atoms with Crippen molar-refractivity contribution < 1.29 is 19.0 Å². The number of amides is 1. The molecule has 0 N–H and O–H groups in total. The first-order chi connectivity index (χ1) is 10.3. The third kappa shape index (κ3) is 5.50. The van der Waals surface area contributed by atoms with Crippen LogP contribution < -0.4 is 4.74 Å². The van der Waals surface area contributed by atoms with Crippen molar-refractivity contribution >= 4 is 22.0 Å². The van der Waals surface area contributed by atoms with E-state index in [1.54, 1.807) is 4.90 Å². The summed E-state index contributed by atoms with van der Waals surface area (Å²) in [6.07, 6.45) is -0.450. The Morgan fingerprint density at radius 2 is 2.05 bits per heavy atom. The Morgan fingerprint density at radius 3 is 2.68 bits per heavy atom. The van der Waals surface area contributed by atoms with Gasteiger partial charge in [0, 0.05) is 11.0 Å². The van der Waals surface area contributed by atoms with E-state index in [-0.39, 0.29) is 12.2 Å². The Bertz CT molecular complexity index is 498. The van der Waals surface area contributed by atoms with Gasteiger partial charge >= 0.3 is 6.09 Å². The first-order valence-corrected chi connectivity index (χ1v) is 8.11. The highest BCUT2D eigenvalue weighted by Crippen LogP contribution is 2.18. The second-order valence-corrected chi connectivity index (χ2v) is 7.10. The lowest BCUT2D eigenvalue weighted by molar-refractivity contribution is -0.0557. The molecule has 1 fully saturated rings. The topological polar surface area (TPSA) is 48.0 Å². The Labute approximate surface area is 139 Å². The quantitative estimate of drug-likeness (QED) is 0.815. The molecule has 1 heterocycles. The van der Waals surface area contributed by atoms with E-state index in [9.17, 15) is 4.79 Å². The van der Waals surface area contributed by atoms with E-state index < -0.39 is 5.60 Å². The first-order valence-electron chi connectivity index (χ1n) is 7.31. The molecular weight excluding hydrogens is 350 g/mol. The third-order valence-corrected chi connectivity index (χ3v) is 3.57. The van der Waals surface area contributed by atoms with Crippen LogP contribution >= 0.6 is 15.9 Å². The number of nitrogens with zero attached hydrogens (tertiary/aromatic N) is 1. The second-order valence-electron chi connectivity index (χ2n) is 6.18. The van der Waals surface area contributed by atoms with Gasteiger partial charge in [-0.1, -0.05) is 15.9 Å². The van der Waals surface area contributed by atoms with Gasteiger partial charge in [0.1, 0.15) is 24.1 Å². The smallest absolute Gasteiger partial charge is 0.410 e. The highest BCUT2D eigenvalue weighted by Gasteiger charge is 2.28. The lowest BCUT2D eigenvalue weighted by Crippen LogP contribution is -2.49. The zero-order valence-electron chi connectivity index (χ0n) is 13.2. The lowest BCUT2D eigenvalue weighted by Gasteiger charge is -2.34. The molecule has 0 aliphatic carbocycles. The van der Waals surface area contributed by atoms with Crippen molar-refractivity contribution in [2.45, 2.75) is 32.5 Å². The zero-order valence-corrected chi connectivity index (χ0v) is 14.8. The van der Waals surface area contributed by atoms with Crippen molar-refractivity contribution in [3.05, 3.63) is 28.7 Å². The van der Waals surface area contributed by atoms with Crippen LogP contribution in [0, 0.1) is 0 Å². The number of benzene rings is 1. The summed E-state index contributed by atoms with van der Waals surface area (Å²) in [5.41, 5.74) is -0.487. The van der Waals surface area contributed by atoms with Crippen LogP contribution in [-0.2, 0) is 9.47 Å². The number of rotatable bonds is 3. The summed E-state index contributed by atoms with van der Waals surface area (Å²) in [6.45, 7) is 7.50. The van der Waals surface area contributed by atoms with Crippen molar-refractivity contribution in [3.8, 4) is 5.75 Å². The highest BCUT2D eigenvalue weighted by atomic mass is 79.9. The molecule has 22 heavy (non-hydrogen) atoms. The number of hydrogen-bond acceptors (Lipinski definition) is 4. The number of carbonyl (C=O) groups excluding carboxylic acids is 1. The average molecular weight is 372 g/mol. The molecule has 0 saturated carbocycles. The molecule has 1 saturated heterocycles.